The Bertz CT molecular complexity index is 409. The highest BCUT2D eigenvalue weighted by atomic mass is 15.2. The number of nitrogens with zero attached hydrogens (tertiary/aromatic N) is 4. The zero-order valence-electron chi connectivity index (χ0n) is 31.9. The van der Waals surface area contributed by atoms with Gasteiger partial charge in [-0.2, -0.15) is 0 Å². The first kappa shape index (κ1) is 47.7. The van der Waals surface area contributed by atoms with Crippen molar-refractivity contribution in [2.24, 2.45) is 0 Å². The van der Waals surface area contributed by atoms with Crippen molar-refractivity contribution in [3.8, 4) is 0 Å². The Kier molecular flexibility index (Phi) is 41.9. The number of rotatable bonds is 4. The van der Waals surface area contributed by atoms with Crippen LogP contribution in [0.4, 0.5) is 0 Å². The van der Waals surface area contributed by atoms with Gasteiger partial charge < -0.3 is 20.0 Å². The van der Waals surface area contributed by atoms with Crippen molar-refractivity contribution in [2.45, 2.75) is 173 Å². The molecule has 4 fully saturated rings. The lowest BCUT2D eigenvalue weighted by Crippen LogP contribution is -2.46. The van der Waals surface area contributed by atoms with Crippen molar-refractivity contribution in [3.63, 3.8) is 0 Å². The van der Waals surface area contributed by atoms with Gasteiger partial charge in [0, 0.05) is 50.3 Å². The van der Waals surface area contributed by atoms with Crippen LogP contribution in [0.15, 0.2) is 0 Å². The SMILES string of the molecule is CC.CC.CC.CC.CC(C)N1CCC1.CC(C)N1CCCC1.CC(C)N1CCCCC1.CC(C)N1CCNCC1. The molecule has 0 aromatic heterocycles. The normalized spacial score (nSPS) is 19.0. The molecule has 0 bridgehead atoms. The highest BCUT2D eigenvalue weighted by Crippen LogP contribution is 2.11. The zero-order chi connectivity index (χ0) is 32.6. The quantitative estimate of drug-likeness (QED) is 0.354. The van der Waals surface area contributed by atoms with Crippen LogP contribution >= 0.6 is 0 Å². The third-order valence-corrected chi connectivity index (χ3v) is 7.49. The van der Waals surface area contributed by atoms with Gasteiger partial charge in [0.25, 0.3) is 0 Å². The number of piperidine rings is 1. The lowest BCUT2D eigenvalue weighted by molar-refractivity contribution is 0.138. The molecule has 0 saturated carbocycles. The molecule has 0 amide bonds. The van der Waals surface area contributed by atoms with E-state index in [1.807, 2.05) is 55.4 Å². The van der Waals surface area contributed by atoms with Gasteiger partial charge in [-0.15, -0.1) is 0 Å². The van der Waals surface area contributed by atoms with Gasteiger partial charge in [0.15, 0.2) is 0 Å². The minimum atomic E-state index is 0.729. The topological polar surface area (TPSA) is 25.0 Å². The summed E-state index contributed by atoms with van der Waals surface area (Å²) in [6.45, 7) is 46.9. The largest absolute Gasteiger partial charge is 0.314 e. The second-order valence-electron chi connectivity index (χ2n) is 11.4. The number of piperazine rings is 1. The van der Waals surface area contributed by atoms with E-state index in [1.54, 1.807) is 0 Å². The van der Waals surface area contributed by atoms with E-state index in [0.29, 0.717) is 0 Å². The molecule has 1 N–H and O–H groups in total. The predicted octanol–water partition coefficient (Wildman–Crippen LogP) is 8.88. The van der Waals surface area contributed by atoms with E-state index < -0.39 is 0 Å². The summed E-state index contributed by atoms with van der Waals surface area (Å²) in [7, 11) is 0. The Morgan fingerprint density at radius 3 is 0.707 bits per heavy atom. The van der Waals surface area contributed by atoms with E-state index in [4.69, 9.17) is 0 Å². The molecule has 0 aromatic carbocycles. The minimum Gasteiger partial charge on any atom is -0.314 e. The van der Waals surface area contributed by atoms with Crippen molar-refractivity contribution < 1.29 is 0 Å². The molecule has 0 atom stereocenters. The van der Waals surface area contributed by atoms with Crippen molar-refractivity contribution >= 4 is 0 Å². The van der Waals surface area contributed by atoms with Gasteiger partial charge in [-0.3, -0.25) is 4.90 Å². The van der Waals surface area contributed by atoms with Crippen LogP contribution in [0.5, 0.6) is 0 Å². The first-order valence-corrected chi connectivity index (χ1v) is 18.4. The summed E-state index contributed by atoms with van der Waals surface area (Å²) in [6.07, 6.45) is 8.52. The molecule has 4 heterocycles. The number of hydrogen-bond donors (Lipinski definition) is 1. The predicted molar refractivity (Wildman–Crippen MR) is 193 cm³/mol. The second-order valence-corrected chi connectivity index (χ2v) is 11.4. The summed E-state index contributed by atoms with van der Waals surface area (Å²) in [5.41, 5.74) is 0. The second kappa shape index (κ2) is 36.0. The van der Waals surface area contributed by atoms with Crippen molar-refractivity contribution in [1.82, 2.24) is 24.9 Å². The van der Waals surface area contributed by atoms with Gasteiger partial charge in [-0.05, 0) is 127 Å². The third kappa shape index (κ3) is 28.3. The summed E-state index contributed by atoms with van der Waals surface area (Å²) >= 11 is 0. The Hall–Kier alpha value is -0.200. The highest BCUT2D eigenvalue weighted by Gasteiger charge is 2.15. The fourth-order valence-corrected chi connectivity index (χ4v) is 4.75. The lowest BCUT2D eigenvalue weighted by atomic mass is 10.1. The van der Waals surface area contributed by atoms with Crippen molar-refractivity contribution in [1.29, 1.82) is 0 Å². The molecule has 0 unspecified atom stereocenters. The summed E-state index contributed by atoms with van der Waals surface area (Å²) < 4.78 is 0. The molecule has 4 saturated heterocycles. The molecular weight excluding hydrogens is 502 g/mol. The first-order chi connectivity index (χ1) is 19.7. The summed E-state index contributed by atoms with van der Waals surface area (Å²) in [6, 6.07) is 3.06. The number of nitrogens with one attached hydrogen (secondary N) is 1. The Labute approximate surface area is 263 Å². The summed E-state index contributed by atoms with van der Waals surface area (Å²) in [5, 5.41) is 3.33. The van der Waals surface area contributed by atoms with E-state index in [-0.39, 0.29) is 0 Å². The molecule has 4 aliphatic rings. The number of likely N-dealkylation sites (tertiary alicyclic amines) is 3. The molecule has 5 heteroatoms. The van der Waals surface area contributed by atoms with E-state index >= 15 is 0 Å². The molecule has 254 valence electrons. The summed E-state index contributed by atoms with van der Waals surface area (Å²) in [5.74, 6) is 0. The molecule has 4 aliphatic heterocycles. The van der Waals surface area contributed by atoms with Crippen molar-refractivity contribution in [2.75, 3.05) is 65.4 Å². The maximum atomic E-state index is 3.33. The molecule has 0 radical (unpaired) electrons. The molecule has 41 heavy (non-hydrogen) atoms. The molecule has 0 spiro atoms. The van der Waals surface area contributed by atoms with Crippen LogP contribution in [0, 0.1) is 0 Å². The molecule has 0 aromatic rings. The van der Waals surface area contributed by atoms with Gasteiger partial charge in [-0.25, -0.2) is 0 Å². The van der Waals surface area contributed by atoms with Crippen LogP contribution in [0.2, 0.25) is 0 Å². The maximum Gasteiger partial charge on any atom is 0.0110 e. The molecule has 5 nitrogen and oxygen atoms in total. The van der Waals surface area contributed by atoms with Gasteiger partial charge in [-0.1, -0.05) is 61.8 Å². The van der Waals surface area contributed by atoms with Crippen LogP contribution in [0.1, 0.15) is 149 Å². The maximum absolute atomic E-state index is 3.33. The molecular formula is C36H85N5. The average Bonchev–Trinajstić information content (AvgIpc) is 3.54. The smallest absolute Gasteiger partial charge is 0.0110 e. The fourth-order valence-electron chi connectivity index (χ4n) is 4.75. The van der Waals surface area contributed by atoms with Gasteiger partial charge in [0.1, 0.15) is 0 Å². The van der Waals surface area contributed by atoms with Gasteiger partial charge in [0.05, 0.1) is 0 Å². The summed E-state index contributed by atoms with van der Waals surface area (Å²) in [4.78, 5) is 10.1. The Balaban J connectivity index is -0.000000206. The third-order valence-electron chi connectivity index (χ3n) is 7.49. The Morgan fingerprint density at radius 1 is 0.317 bits per heavy atom. The first-order valence-electron chi connectivity index (χ1n) is 18.4. The van der Waals surface area contributed by atoms with Crippen LogP contribution < -0.4 is 5.32 Å². The van der Waals surface area contributed by atoms with Gasteiger partial charge in [0.2, 0.25) is 0 Å². The average molecular weight is 588 g/mol. The standard InChI is InChI=1S/C8H17N.C7H16N2.C7H15N.C6H13N.4C2H6/c1-8(2)9-6-4-3-5-7-9;1-7(2)9-5-3-8-4-6-9;1-7(2)8-5-3-4-6-8;1-6(2)7-4-3-5-7;4*1-2/h8H,3-7H2,1-2H3;7-8H,3-6H2,1-2H3;7H,3-6H2,1-2H3;6H,3-5H2,1-2H3;4*1-2H3. The van der Waals surface area contributed by atoms with E-state index in [0.717, 1.165) is 37.3 Å². The van der Waals surface area contributed by atoms with E-state index in [1.165, 1.54) is 90.9 Å². The van der Waals surface area contributed by atoms with Crippen molar-refractivity contribution in [3.05, 3.63) is 0 Å². The molecule has 0 aliphatic carbocycles. The van der Waals surface area contributed by atoms with E-state index in [2.05, 4.69) is 80.3 Å². The fraction of sp³-hybridized carbons (Fsp3) is 1.00. The van der Waals surface area contributed by atoms with Crippen LogP contribution in [-0.4, -0.2) is 109 Å². The van der Waals surface area contributed by atoms with E-state index in [9.17, 15) is 0 Å². The van der Waals surface area contributed by atoms with Crippen LogP contribution in [-0.2, 0) is 0 Å². The lowest BCUT2D eigenvalue weighted by Gasteiger charge is -2.34. The Morgan fingerprint density at radius 2 is 0.537 bits per heavy atom. The molecule has 4 rings (SSSR count). The number of hydrogen-bond acceptors (Lipinski definition) is 5. The van der Waals surface area contributed by atoms with Crippen LogP contribution in [0.3, 0.4) is 0 Å². The van der Waals surface area contributed by atoms with Gasteiger partial charge >= 0.3 is 0 Å². The highest BCUT2D eigenvalue weighted by molar-refractivity contribution is 4.72. The minimum absolute atomic E-state index is 0.729. The zero-order valence-corrected chi connectivity index (χ0v) is 31.9. The van der Waals surface area contributed by atoms with Crippen LogP contribution in [0.25, 0.3) is 0 Å². The monoisotopic (exact) mass is 588 g/mol.